The number of thiazole rings is 1. The molecule has 0 aliphatic rings. The first-order valence-electron chi connectivity index (χ1n) is 6.61. The summed E-state index contributed by atoms with van der Waals surface area (Å²) >= 11 is 1.66. The molecule has 0 radical (unpaired) electrons. The molecule has 2 aromatic heterocycles. The number of nitrogens with zero attached hydrogens (tertiary/aromatic N) is 3. The number of hydrogen-bond donors (Lipinski definition) is 1. The lowest BCUT2D eigenvalue weighted by Gasteiger charge is -2.13. The van der Waals surface area contributed by atoms with Crippen molar-refractivity contribution in [2.24, 2.45) is 0 Å². The van der Waals surface area contributed by atoms with E-state index in [2.05, 4.69) is 16.9 Å². The van der Waals surface area contributed by atoms with Gasteiger partial charge in [0.05, 0.1) is 44.5 Å². The lowest BCUT2D eigenvalue weighted by atomic mass is 10.2. The molecule has 0 fully saturated rings. The van der Waals surface area contributed by atoms with Crippen LogP contribution in [0.5, 0.6) is 0 Å². The van der Waals surface area contributed by atoms with Gasteiger partial charge in [0.25, 0.3) is 0 Å². The summed E-state index contributed by atoms with van der Waals surface area (Å²) < 4.78 is 2.00. The molecule has 108 valence electrons. The van der Waals surface area contributed by atoms with Gasteiger partial charge in [0.15, 0.2) is 0 Å². The number of hydrogen-bond acceptors (Lipinski definition) is 4. The zero-order valence-corrected chi connectivity index (χ0v) is 12.8. The van der Waals surface area contributed by atoms with Gasteiger partial charge in [0.2, 0.25) is 0 Å². The van der Waals surface area contributed by atoms with E-state index in [4.69, 9.17) is 5.11 Å². The van der Waals surface area contributed by atoms with Crippen LogP contribution in [0.2, 0.25) is 0 Å². The van der Waals surface area contributed by atoms with E-state index in [-0.39, 0.29) is 11.6 Å². The van der Waals surface area contributed by atoms with Crippen molar-refractivity contribution in [1.29, 1.82) is 0 Å². The average molecular weight is 301 g/mol. The Morgan fingerprint density at radius 2 is 2.14 bits per heavy atom. The third-order valence-corrected chi connectivity index (χ3v) is 4.80. The van der Waals surface area contributed by atoms with Crippen LogP contribution >= 0.6 is 11.3 Å². The maximum atomic E-state index is 11.1. The number of carboxylic acids is 1. The number of imidazole rings is 1. The fourth-order valence-corrected chi connectivity index (χ4v) is 3.51. The largest absolute Gasteiger partial charge is 0.478 e. The minimum Gasteiger partial charge on any atom is -0.478 e. The Morgan fingerprint density at radius 1 is 1.38 bits per heavy atom. The van der Waals surface area contributed by atoms with Gasteiger partial charge in [-0.05, 0) is 39.0 Å². The molecule has 3 rings (SSSR count). The van der Waals surface area contributed by atoms with Crippen LogP contribution in [0, 0.1) is 13.8 Å². The fraction of sp³-hybridized carbons (Fsp3) is 0.267. The number of carbonyl (C=O) groups is 1. The van der Waals surface area contributed by atoms with Crippen molar-refractivity contribution < 1.29 is 9.90 Å². The standard InChI is InChI=1S/C15H15N3O2S/c1-8-14(21-10(3)17-8)9(2)18-7-16-12-5-4-11(15(19)20)6-13(12)18/h4-7,9H,1-3H3,(H,19,20). The van der Waals surface area contributed by atoms with Gasteiger partial charge in [-0.3, -0.25) is 0 Å². The molecule has 2 heterocycles. The van der Waals surface area contributed by atoms with Crippen LogP contribution in [0.3, 0.4) is 0 Å². The lowest BCUT2D eigenvalue weighted by molar-refractivity contribution is 0.0697. The molecular formula is C15H15N3O2S. The van der Waals surface area contributed by atoms with E-state index >= 15 is 0 Å². The number of carboxylic acid groups (broad SMARTS) is 1. The number of aromatic nitrogens is 3. The van der Waals surface area contributed by atoms with Crippen molar-refractivity contribution in [3.05, 3.63) is 45.7 Å². The molecule has 5 nitrogen and oxygen atoms in total. The molecule has 3 aromatic rings. The van der Waals surface area contributed by atoms with E-state index < -0.39 is 5.97 Å². The summed E-state index contributed by atoms with van der Waals surface area (Å²) in [6, 6.07) is 5.07. The molecule has 0 aliphatic heterocycles. The van der Waals surface area contributed by atoms with Crippen LogP contribution in [-0.4, -0.2) is 25.6 Å². The maximum Gasteiger partial charge on any atom is 0.335 e. The summed E-state index contributed by atoms with van der Waals surface area (Å²) in [5, 5.41) is 10.2. The smallest absolute Gasteiger partial charge is 0.335 e. The highest BCUT2D eigenvalue weighted by Gasteiger charge is 2.17. The van der Waals surface area contributed by atoms with Crippen molar-refractivity contribution in [2.75, 3.05) is 0 Å². The Morgan fingerprint density at radius 3 is 2.76 bits per heavy atom. The monoisotopic (exact) mass is 301 g/mol. The molecule has 0 saturated heterocycles. The summed E-state index contributed by atoms with van der Waals surface area (Å²) in [4.78, 5) is 21.1. The fourth-order valence-electron chi connectivity index (χ4n) is 2.53. The third-order valence-electron chi connectivity index (χ3n) is 3.56. The zero-order valence-electron chi connectivity index (χ0n) is 12.0. The topological polar surface area (TPSA) is 68.0 Å². The molecule has 1 atom stereocenters. The van der Waals surface area contributed by atoms with Crippen LogP contribution in [0.15, 0.2) is 24.5 Å². The molecule has 0 saturated carbocycles. The summed E-state index contributed by atoms with van der Waals surface area (Å²) in [5.74, 6) is -0.929. The van der Waals surface area contributed by atoms with Gasteiger partial charge in [-0.1, -0.05) is 0 Å². The Balaban J connectivity index is 2.13. The van der Waals surface area contributed by atoms with Crippen molar-refractivity contribution in [2.45, 2.75) is 26.8 Å². The molecule has 1 aromatic carbocycles. The van der Waals surface area contributed by atoms with Gasteiger partial charge in [0.1, 0.15) is 0 Å². The van der Waals surface area contributed by atoms with Crippen molar-refractivity contribution in [1.82, 2.24) is 14.5 Å². The molecule has 0 amide bonds. The Kier molecular flexibility index (Phi) is 3.25. The van der Waals surface area contributed by atoms with Crippen molar-refractivity contribution >= 4 is 28.3 Å². The zero-order chi connectivity index (χ0) is 15.1. The predicted octanol–water partition coefficient (Wildman–Crippen LogP) is 3.42. The second-order valence-corrected chi connectivity index (χ2v) is 6.25. The highest BCUT2D eigenvalue weighted by molar-refractivity contribution is 7.11. The lowest BCUT2D eigenvalue weighted by Crippen LogP contribution is -2.06. The Bertz CT molecular complexity index is 835. The van der Waals surface area contributed by atoms with Crippen molar-refractivity contribution in [3.8, 4) is 0 Å². The Hall–Kier alpha value is -2.21. The van der Waals surface area contributed by atoms with E-state index in [1.807, 2.05) is 18.4 Å². The molecule has 0 aliphatic carbocycles. The summed E-state index contributed by atoms with van der Waals surface area (Å²) in [6.07, 6.45) is 1.76. The second-order valence-electron chi connectivity index (χ2n) is 5.02. The van der Waals surface area contributed by atoms with E-state index in [0.717, 1.165) is 21.7 Å². The highest BCUT2D eigenvalue weighted by Crippen LogP contribution is 2.30. The SMILES string of the molecule is Cc1nc(C)c(C(C)n2cnc3ccc(C(=O)O)cc32)s1. The average Bonchev–Trinajstić information content (AvgIpc) is 3.00. The molecular weight excluding hydrogens is 286 g/mol. The highest BCUT2D eigenvalue weighted by atomic mass is 32.1. The van der Waals surface area contributed by atoms with Gasteiger partial charge in [-0.15, -0.1) is 11.3 Å². The number of aromatic carboxylic acids is 1. The van der Waals surface area contributed by atoms with Gasteiger partial charge in [-0.25, -0.2) is 14.8 Å². The molecule has 0 bridgehead atoms. The molecule has 1 unspecified atom stereocenters. The number of aryl methyl sites for hydroxylation is 2. The van der Waals surface area contributed by atoms with E-state index in [1.165, 1.54) is 4.88 Å². The first-order chi connectivity index (χ1) is 9.97. The van der Waals surface area contributed by atoms with Gasteiger partial charge in [-0.2, -0.15) is 0 Å². The first-order valence-corrected chi connectivity index (χ1v) is 7.43. The molecule has 6 heteroatoms. The van der Waals surface area contributed by atoms with Crippen molar-refractivity contribution in [3.63, 3.8) is 0 Å². The molecule has 1 N–H and O–H groups in total. The first kappa shape index (κ1) is 13.8. The third kappa shape index (κ3) is 2.31. The van der Waals surface area contributed by atoms with Gasteiger partial charge < -0.3 is 9.67 Å². The summed E-state index contributed by atoms with van der Waals surface area (Å²) in [5.41, 5.74) is 2.91. The normalized spacial score (nSPS) is 12.7. The second kappa shape index (κ2) is 4.96. The summed E-state index contributed by atoms with van der Waals surface area (Å²) in [7, 11) is 0. The Labute approximate surface area is 125 Å². The van der Waals surface area contributed by atoms with Crippen LogP contribution in [0.25, 0.3) is 11.0 Å². The number of benzene rings is 1. The minimum absolute atomic E-state index is 0.0743. The van der Waals surface area contributed by atoms with E-state index in [0.29, 0.717) is 0 Å². The van der Waals surface area contributed by atoms with Crippen LogP contribution < -0.4 is 0 Å². The quantitative estimate of drug-likeness (QED) is 0.805. The van der Waals surface area contributed by atoms with Crippen LogP contribution in [0.4, 0.5) is 0 Å². The predicted molar refractivity (Wildman–Crippen MR) is 82.1 cm³/mol. The van der Waals surface area contributed by atoms with Gasteiger partial charge >= 0.3 is 5.97 Å². The van der Waals surface area contributed by atoms with Gasteiger partial charge in [0, 0.05) is 0 Å². The number of fused-ring (bicyclic) bond motifs is 1. The van der Waals surface area contributed by atoms with E-state index in [9.17, 15) is 4.79 Å². The van der Waals surface area contributed by atoms with Crippen LogP contribution in [-0.2, 0) is 0 Å². The van der Waals surface area contributed by atoms with Crippen LogP contribution in [0.1, 0.15) is 38.9 Å². The maximum absolute atomic E-state index is 11.1. The molecule has 21 heavy (non-hydrogen) atoms. The summed E-state index contributed by atoms with van der Waals surface area (Å²) in [6.45, 7) is 6.06. The minimum atomic E-state index is -0.929. The van der Waals surface area contributed by atoms with E-state index in [1.54, 1.807) is 35.9 Å². The number of rotatable bonds is 3. The molecule has 0 spiro atoms.